The number of fused-ring (bicyclic) bond motifs is 12. The van der Waals surface area contributed by atoms with E-state index in [4.69, 9.17) is 20.0 Å². The first-order valence-corrected chi connectivity index (χ1v) is 21.2. The molecule has 0 saturated carbocycles. The van der Waals surface area contributed by atoms with Gasteiger partial charge in [0.25, 0.3) is 23.3 Å². The number of rotatable bonds is 0. The van der Waals surface area contributed by atoms with E-state index >= 15 is 0 Å². The minimum atomic E-state index is -0.930. The molecule has 12 rings (SSSR count). The zero-order chi connectivity index (χ0) is 41.1. The van der Waals surface area contributed by atoms with Gasteiger partial charge in [-0.3, -0.25) is 0 Å². The molecule has 0 bridgehead atoms. The Bertz CT molecular complexity index is 2650. The molecule has 0 aliphatic carbocycles. The van der Waals surface area contributed by atoms with Crippen molar-refractivity contribution in [2.75, 3.05) is 0 Å². The molecule has 290 valence electrons. The molecule has 6 aliphatic heterocycles. The molecule has 0 amide bonds. The molecule has 0 radical (unpaired) electrons. The normalized spacial score (nSPS) is 16.2. The maximum atomic E-state index is 5.48. The second kappa shape index (κ2) is 16.9. The lowest BCUT2D eigenvalue weighted by Gasteiger charge is -2.40. The van der Waals surface area contributed by atoms with Crippen molar-refractivity contribution in [3.8, 4) is 0 Å². The molecular weight excluding hydrogens is 689 g/mol. The summed E-state index contributed by atoms with van der Waals surface area (Å²) < 4.78 is 9.37. The minimum Gasteiger partial charge on any atom is -0.192 e. The Labute approximate surface area is 333 Å². The van der Waals surface area contributed by atoms with Gasteiger partial charge >= 0.3 is 5.91 Å². The number of hydrogen-bond donors (Lipinski definition) is 0. The number of amidine groups is 4. The Morgan fingerprint density at radius 3 is 1.27 bits per heavy atom. The van der Waals surface area contributed by atoms with Gasteiger partial charge in [-0.25, -0.2) is 0 Å². The third-order valence-electron chi connectivity index (χ3n) is 9.71. The molecule has 56 heavy (non-hydrogen) atoms. The first-order valence-electron chi connectivity index (χ1n) is 21.2. The minimum absolute atomic E-state index is 0.899. The Kier molecular flexibility index (Phi) is 12.5. The quantitative estimate of drug-likeness (QED) is 0.139. The second-order valence-corrected chi connectivity index (χ2v) is 11.6. The third kappa shape index (κ3) is 5.10. The van der Waals surface area contributed by atoms with Gasteiger partial charge in [0.15, 0.2) is 0 Å². The second-order valence-electron chi connectivity index (χ2n) is 11.6. The summed E-state index contributed by atoms with van der Waals surface area (Å²) in [6.07, 6.45) is 0. The number of benzene rings is 4. The highest BCUT2D eigenvalue weighted by molar-refractivity contribution is 6.20. The Hall–Kier alpha value is -5.76. The van der Waals surface area contributed by atoms with Crippen molar-refractivity contribution in [2.45, 2.75) is 110 Å². The summed E-state index contributed by atoms with van der Waals surface area (Å²) in [6.45, 7) is 30.2. The van der Waals surface area contributed by atoms with E-state index < -0.39 is 5.91 Å². The monoisotopic (exact) mass is 748 g/mol. The van der Waals surface area contributed by atoms with E-state index in [-0.39, 0.29) is 0 Å². The maximum Gasteiger partial charge on any atom is 0.404 e. The van der Waals surface area contributed by atoms with Gasteiger partial charge < -0.3 is 0 Å². The van der Waals surface area contributed by atoms with Crippen molar-refractivity contribution >= 4 is 56.5 Å². The molecule has 6 aromatic rings. The topological polar surface area (TPSA) is 65.3 Å². The lowest BCUT2D eigenvalue weighted by molar-refractivity contribution is -0.790. The number of aromatic nitrogens is 2. The molecule has 6 aliphatic rings. The van der Waals surface area contributed by atoms with Crippen molar-refractivity contribution in [3.05, 3.63) is 130 Å². The van der Waals surface area contributed by atoms with Gasteiger partial charge in [0.2, 0.25) is 22.6 Å². The first-order chi connectivity index (χ1) is 27.8. The summed E-state index contributed by atoms with van der Waals surface area (Å²) in [5, 5.41) is 4.40. The predicted molar refractivity (Wildman–Crippen MR) is 238 cm³/mol. The van der Waals surface area contributed by atoms with E-state index in [9.17, 15) is 0 Å². The van der Waals surface area contributed by atoms with Crippen LogP contribution in [0.5, 0.6) is 0 Å². The average Bonchev–Trinajstić information content (AvgIpc) is 4.02. The van der Waals surface area contributed by atoms with Crippen molar-refractivity contribution < 1.29 is 9.15 Å². The van der Waals surface area contributed by atoms with E-state index in [2.05, 4.69) is 116 Å². The molecule has 8 heterocycles. The van der Waals surface area contributed by atoms with Crippen molar-refractivity contribution in [2.24, 2.45) is 20.0 Å². The van der Waals surface area contributed by atoms with Gasteiger partial charge in [-0.1, -0.05) is 165 Å². The number of nitrogens with zero attached hydrogens (tertiary/aromatic N) is 8. The molecule has 8 heteroatoms. The van der Waals surface area contributed by atoms with Crippen molar-refractivity contribution in [1.82, 2.24) is 9.13 Å². The van der Waals surface area contributed by atoms with E-state index in [1.54, 1.807) is 0 Å². The summed E-state index contributed by atoms with van der Waals surface area (Å²) in [4.78, 5) is 21.8. The predicted octanol–water partition coefficient (Wildman–Crippen LogP) is 11.2. The summed E-state index contributed by atoms with van der Waals surface area (Å²) in [5.74, 6) is 4.49. The van der Waals surface area contributed by atoms with Crippen LogP contribution in [0.2, 0.25) is 0 Å². The van der Waals surface area contributed by atoms with Gasteiger partial charge in [-0.15, -0.1) is 9.15 Å². The number of aliphatic imine (C=N–C) groups is 2. The number of aryl methyl sites for hydroxylation is 1. The summed E-state index contributed by atoms with van der Waals surface area (Å²) in [5.41, 5.74) is 7.32. The average molecular weight is 749 g/mol. The SMILES string of the molecule is CC.CC.CC.CC.CC.CC.CC.Cc1cccc2c3n4c(c12)N=C1c2ccccc2C2=[N+]1[C@]41n4c(c5ccccc5c4=N2)=NC2=[N+]1C(=N3)c1ccccc12. The van der Waals surface area contributed by atoms with Crippen LogP contribution in [-0.4, -0.2) is 41.6 Å². The largest absolute Gasteiger partial charge is 0.404 e. The Morgan fingerprint density at radius 1 is 0.411 bits per heavy atom. The molecule has 0 saturated heterocycles. The van der Waals surface area contributed by atoms with Gasteiger partial charge in [0, 0.05) is 16.2 Å². The van der Waals surface area contributed by atoms with E-state index in [1.165, 1.54) is 5.56 Å². The summed E-state index contributed by atoms with van der Waals surface area (Å²) in [7, 11) is 0. The van der Waals surface area contributed by atoms with Crippen LogP contribution in [0.1, 0.15) is 125 Å². The molecule has 2 aromatic heterocycles. The Morgan fingerprint density at radius 2 is 0.804 bits per heavy atom. The van der Waals surface area contributed by atoms with Crippen molar-refractivity contribution in [1.29, 1.82) is 0 Å². The fourth-order valence-corrected chi connectivity index (χ4v) is 8.14. The molecule has 4 aromatic carbocycles. The third-order valence-corrected chi connectivity index (χ3v) is 9.71. The van der Waals surface area contributed by atoms with Crippen LogP contribution < -0.4 is 11.0 Å². The van der Waals surface area contributed by atoms with Gasteiger partial charge in [0.1, 0.15) is 0 Å². The summed E-state index contributed by atoms with van der Waals surface area (Å²) in [6, 6.07) is 32.0. The van der Waals surface area contributed by atoms with Crippen LogP contribution in [0.15, 0.2) is 111 Å². The molecule has 1 spiro atoms. The van der Waals surface area contributed by atoms with Gasteiger partial charge in [-0.05, 0) is 55.0 Å². The molecule has 0 N–H and O–H groups in total. The first kappa shape index (κ1) is 41.4. The molecule has 1 atom stereocenters. The number of hydrogen-bond acceptors (Lipinski definition) is 4. The highest BCUT2D eigenvalue weighted by Gasteiger charge is 2.69. The standard InChI is InChI=1S/C34H18N8.7C2H6/c1-17-9-8-16-24-25(17)33-38-31-23-15-7-6-14-22(23)29-36-27-19-11-3-2-10-18(19)26-35-28-20-12-4-5-13-21(20)30-37-32(24)42(33)34(39(26)27,40(28)30)41(29)31;7*1-2/h2-16H,1H3;7*1-2H3/q+2;;;;;;;/t34-;;;;;;;/m1......./s1. The Balaban J connectivity index is 0.000000392. The van der Waals surface area contributed by atoms with Crippen LogP contribution in [0.4, 0.5) is 11.6 Å². The highest BCUT2D eigenvalue weighted by Crippen LogP contribution is 2.53. The maximum absolute atomic E-state index is 5.48. The van der Waals surface area contributed by atoms with Crippen LogP contribution in [0, 0.1) is 6.92 Å². The van der Waals surface area contributed by atoms with Crippen LogP contribution >= 0.6 is 0 Å². The molecule has 0 unspecified atom stereocenters. The van der Waals surface area contributed by atoms with Gasteiger partial charge in [-0.2, -0.15) is 9.13 Å². The summed E-state index contributed by atoms with van der Waals surface area (Å²) >= 11 is 0. The smallest absolute Gasteiger partial charge is 0.192 e. The van der Waals surface area contributed by atoms with Crippen LogP contribution in [0.25, 0.3) is 21.5 Å². The molecule has 0 fully saturated rings. The lowest BCUT2D eigenvalue weighted by Crippen LogP contribution is -2.71. The van der Waals surface area contributed by atoms with Crippen LogP contribution in [-0.2, 0) is 5.91 Å². The lowest BCUT2D eigenvalue weighted by atomic mass is 10.1. The van der Waals surface area contributed by atoms with E-state index in [0.29, 0.717) is 0 Å². The fraction of sp³-hybridized carbons (Fsp3) is 0.333. The fourth-order valence-electron chi connectivity index (χ4n) is 8.14. The van der Waals surface area contributed by atoms with Crippen LogP contribution in [0.3, 0.4) is 0 Å². The molecular formula is C48H60N8+2. The zero-order valence-corrected chi connectivity index (χ0v) is 36.2. The van der Waals surface area contributed by atoms with E-state index in [1.807, 2.05) is 96.9 Å². The zero-order valence-electron chi connectivity index (χ0n) is 36.2. The van der Waals surface area contributed by atoms with Crippen molar-refractivity contribution in [3.63, 3.8) is 0 Å². The molecule has 8 nitrogen and oxygen atoms in total. The highest BCUT2D eigenvalue weighted by atomic mass is 15.7. The van der Waals surface area contributed by atoms with Gasteiger partial charge in [0.05, 0.1) is 27.6 Å². The van der Waals surface area contributed by atoms with E-state index in [0.717, 1.165) is 89.8 Å².